The lowest BCUT2D eigenvalue weighted by atomic mass is 10.1. The first-order valence-electron chi connectivity index (χ1n) is 7.01. The van der Waals surface area contributed by atoms with E-state index in [1.54, 1.807) is 20.8 Å². The molecule has 22 heavy (non-hydrogen) atoms. The smallest absolute Gasteiger partial charge is 0.410 e. The van der Waals surface area contributed by atoms with E-state index in [1.807, 2.05) is 30.3 Å². The van der Waals surface area contributed by atoms with Gasteiger partial charge in [0.05, 0.1) is 5.75 Å². The lowest BCUT2D eigenvalue weighted by Gasteiger charge is -2.27. The van der Waals surface area contributed by atoms with E-state index in [0.717, 1.165) is 5.56 Å². The third-order valence-corrected chi connectivity index (χ3v) is 3.44. The molecule has 0 spiro atoms. The van der Waals surface area contributed by atoms with Crippen LogP contribution in [0.2, 0.25) is 0 Å². The molecule has 0 bridgehead atoms. The fourth-order valence-corrected chi connectivity index (χ4v) is 2.19. The third kappa shape index (κ3) is 7.97. The van der Waals surface area contributed by atoms with E-state index in [1.165, 1.54) is 4.90 Å². The van der Waals surface area contributed by atoms with Crippen molar-refractivity contribution >= 4 is 16.3 Å². The lowest BCUT2D eigenvalue weighted by Crippen LogP contribution is -2.40. The minimum absolute atomic E-state index is 0.236. The third-order valence-electron chi connectivity index (χ3n) is 2.77. The molecule has 0 heterocycles. The topological polar surface area (TPSA) is 63.7 Å². The maximum Gasteiger partial charge on any atom is 0.410 e. The number of carbonyl (C=O) groups is 1. The van der Waals surface area contributed by atoms with Gasteiger partial charge < -0.3 is 9.64 Å². The summed E-state index contributed by atoms with van der Waals surface area (Å²) in [5.74, 6) is -0.735. The van der Waals surface area contributed by atoms with Gasteiger partial charge in [0.25, 0.3) is 0 Å². The Kier molecular flexibility index (Phi) is 6.34. The molecule has 124 valence electrons. The van der Waals surface area contributed by atoms with Gasteiger partial charge in [0.15, 0.2) is 0 Å². The molecule has 0 radical (unpaired) electrons. The molecular weight excluding hydrogens is 309 g/mol. The number of amides is 1. The Morgan fingerprint density at radius 2 is 1.77 bits per heavy atom. The van der Waals surface area contributed by atoms with E-state index in [2.05, 4.69) is 0 Å². The zero-order valence-electron chi connectivity index (χ0n) is 13.1. The molecule has 1 aromatic rings. The highest BCUT2D eigenvalue weighted by Gasteiger charge is 2.23. The van der Waals surface area contributed by atoms with E-state index >= 15 is 0 Å². The molecular formula is C15H22FNO4S. The van der Waals surface area contributed by atoms with Gasteiger partial charge in [-0.15, -0.1) is 3.89 Å². The van der Waals surface area contributed by atoms with Crippen LogP contribution in [-0.4, -0.2) is 43.9 Å². The van der Waals surface area contributed by atoms with Crippen molar-refractivity contribution in [3.8, 4) is 0 Å². The Labute approximate surface area is 131 Å². The normalized spacial score (nSPS) is 12.0. The van der Waals surface area contributed by atoms with Crippen LogP contribution in [0, 0.1) is 0 Å². The molecule has 0 unspecified atom stereocenters. The summed E-state index contributed by atoms with van der Waals surface area (Å²) >= 11 is 0. The van der Waals surface area contributed by atoms with Gasteiger partial charge >= 0.3 is 16.3 Å². The summed E-state index contributed by atoms with van der Waals surface area (Å²) in [6, 6.07) is 9.43. The molecule has 7 heteroatoms. The average Bonchev–Trinajstić information content (AvgIpc) is 2.36. The van der Waals surface area contributed by atoms with Gasteiger partial charge in [-0.3, -0.25) is 0 Å². The summed E-state index contributed by atoms with van der Waals surface area (Å²) in [6.07, 6.45) is -0.112. The number of halogens is 1. The van der Waals surface area contributed by atoms with Crippen LogP contribution in [0.25, 0.3) is 0 Å². The predicted molar refractivity (Wildman–Crippen MR) is 82.8 cm³/mol. The Morgan fingerprint density at radius 1 is 1.18 bits per heavy atom. The quantitative estimate of drug-likeness (QED) is 0.752. The number of carbonyl (C=O) groups excluding carboxylic acids is 1. The zero-order valence-corrected chi connectivity index (χ0v) is 13.9. The predicted octanol–water partition coefficient (Wildman–Crippen LogP) is 2.77. The highest BCUT2D eigenvalue weighted by Crippen LogP contribution is 2.11. The van der Waals surface area contributed by atoms with Crippen molar-refractivity contribution in [2.45, 2.75) is 32.8 Å². The molecule has 1 aromatic carbocycles. The first kappa shape index (κ1) is 18.4. The van der Waals surface area contributed by atoms with Crippen LogP contribution >= 0.6 is 0 Å². The van der Waals surface area contributed by atoms with Crippen LogP contribution < -0.4 is 0 Å². The van der Waals surface area contributed by atoms with Crippen LogP contribution in [0.4, 0.5) is 8.68 Å². The van der Waals surface area contributed by atoms with Gasteiger partial charge in [0.1, 0.15) is 5.60 Å². The molecule has 0 aliphatic carbocycles. The summed E-state index contributed by atoms with van der Waals surface area (Å²) in [6.45, 7) is 5.17. The van der Waals surface area contributed by atoms with Gasteiger partial charge in [-0.2, -0.15) is 8.42 Å². The SMILES string of the molecule is CC(C)(C)OC(=O)N(CCc1ccccc1)CCS(=O)(=O)F. The molecule has 1 amide bonds. The Hall–Kier alpha value is -1.63. The Morgan fingerprint density at radius 3 is 2.27 bits per heavy atom. The molecule has 0 N–H and O–H groups in total. The second kappa shape index (κ2) is 7.58. The van der Waals surface area contributed by atoms with E-state index in [0.29, 0.717) is 6.42 Å². The second-order valence-electron chi connectivity index (χ2n) is 5.95. The molecule has 0 aromatic heterocycles. The van der Waals surface area contributed by atoms with E-state index < -0.39 is 27.7 Å². The van der Waals surface area contributed by atoms with Gasteiger partial charge in [-0.25, -0.2) is 4.79 Å². The van der Waals surface area contributed by atoms with E-state index in [9.17, 15) is 17.1 Å². The standard InChI is InChI=1S/C15H22FNO4S/c1-15(2,3)21-14(18)17(11-12-22(16,19)20)10-9-13-7-5-4-6-8-13/h4-8H,9-12H2,1-3H3. The van der Waals surface area contributed by atoms with Crippen LogP contribution in [0.15, 0.2) is 30.3 Å². The number of hydrogen-bond acceptors (Lipinski definition) is 4. The van der Waals surface area contributed by atoms with Crippen LogP contribution in [0.5, 0.6) is 0 Å². The van der Waals surface area contributed by atoms with Crippen molar-refractivity contribution in [2.24, 2.45) is 0 Å². The van der Waals surface area contributed by atoms with Gasteiger partial charge in [0.2, 0.25) is 0 Å². The molecule has 5 nitrogen and oxygen atoms in total. The fraction of sp³-hybridized carbons (Fsp3) is 0.533. The minimum atomic E-state index is -4.63. The van der Waals surface area contributed by atoms with Crippen molar-refractivity contribution in [2.75, 3.05) is 18.8 Å². The van der Waals surface area contributed by atoms with E-state index in [4.69, 9.17) is 4.74 Å². The summed E-state index contributed by atoms with van der Waals surface area (Å²) in [7, 11) is -4.63. The number of hydrogen-bond donors (Lipinski definition) is 0. The highest BCUT2D eigenvalue weighted by atomic mass is 32.3. The van der Waals surface area contributed by atoms with Crippen LogP contribution in [-0.2, 0) is 21.4 Å². The number of benzene rings is 1. The maximum absolute atomic E-state index is 12.7. The molecule has 0 aliphatic rings. The van der Waals surface area contributed by atoms with Crippen LogP contribution in [0.3, 0.4) is 0 Å². The highest BCUT2D eigenvalue weighted by molar-refractivity contribution is 7.86. The van der Waals surface area contributed by atoms with Crippen LogP contribution in [0.1, 0.15) is 26.3 Å². The van der Waals surface area contributed by atoms with Crippen molar-refractivity contribution in [1.29, 1.82) is 0 Å². The monoisotopic (exact) mass is 331 g/mol. The maximum atomic E-state index is 12.7. The number of ether oxygens (including phenoxy) is 1. The van der Waals surface area contributed by atoms with Crippen molar-refractivity contribution in [1.82, 2.24) is 4.90 Å². The molecule has 0 saturated carbocycles. The number of rotatable bonds is 6. The zero-order chi connectivity index (χ0) is 16.8. The minimum Gasteiger partial charge on any atom is -0.444 e. The van der Waals surface area contributed by atoms with Crippen molar-refractivity contribution < 1.29 is 21.8 Å². The van der Waals surface area contributed by atoms with Gasteiger partial charge in [-0.1, -0.05) is 30.3 Å². The largest absolute Gasteiger partial charge is 0.444 e. The Balaban J connectivity index is 2.70. The molecule has 0 fully saturated rings. The van der Waals surface area contributed by atoms with Crippen molar-refractivity contribution in [3.05, 3.63) is 35.9 Å². The molecule has 0 atom stereocenters. The molecule has 1 rings (SSSR count). The summed E-state index contributed by atoms with van der Waals surface area (Å²) in [4.78, 5) is 13.3. The second-order valence-corrected chi connectivity index (χ2v) is 7.43. The Bertz CT molecular complexity index is 581. The van der Waals surface area contributed by atoms with Gasteiger partial charge in [-0.05, 0) is 32.8 Å². The fourth-order valence-electron chi connectivity index (χ4n) is 1.75. The van der Waals surface area contributed by atoms with E-state index in [-0.39, 0.29) is 13.1 Å². The molecule has 0 aliphatic heterocycles. The first-order valence-corrected chi connectivity index (χ1v) is 8.56. The first-order chi connectivity index (χ1) is 10.1. The average molecular weight is 331 g/mol. The lowest BCUT2D eigenvalue weighted by molar-refractivity contribution is 0.0263. The number of nitrogens with zero attached hydrogens (tertiary/aromatic N) is 1. The van der Waals surface area contributed by atoms with Crippen molar-refractivity contribution in [3.63, 3.8) is 0 Å². The summed E-state index contributed by atoms with van der Waals surface area (Å²) < 4.78 is 39.3. The molecule has 0 saturated heterocycles. The summed E-state index contributed by atoms with van der Waals surface area (Å²) in [5, 5.41) is 0. The summed E-state index contributed by atoms with van der Waals surface area (Å²) in [5.41, 5.74) is 0.301. The van der Waals surface area contributed by atoms with Gasteiger partial charge in [0, 0.05) is 13.1 Å².